The minimum absolute atomic E-state index is 0.0382. The molecule has 0 unspecified atom stereocenters. The van der Waals surface area contributed by atoms with Gasteiger partial charge in [0.05, 0.1) is 6.61 Å². The Balaban J connectivity index is 1.93. The van der Waals surface area contributed by atoms with E-state index in [1.54, 1.807) is 0 Å². The fourth-order valence-electron chi connectivity index (χ4n) is 3.90. The summed E-state index contributed by atoms with van der Waals surface area (Å²) < 4.78 is 5.15. The molecule has 0 bridgehead atoms. The van der Waals surface area contributed by atoms with Gasteiger partial charge in [0.1, 0.15) is 0 Å². The zero-order chi connectivity index (χ0) is 12.1. The number of rotatable bonds is 5. The van der Waals surface area contributed by atoms with Gasteiger partial charge in [-0.3, -0.25) is 4.79 Å². The van der Waals surface area contributed by atoms with Crippen molar-refractivity contribution >= 4 is 5.97 Å². The molecule has 0 aromatic carbocycles. The van der Waals surface area contributed by atoms with Gasteiger partial charge in [0, 0.05) is 6.42 Å². The van der Waals surface area contributed by atoms with E-state index < -0.39 is 0 Å². The Kier molecular flexibility index (Phi) is 4.87. The zero-order valence-corrected chi connectivity index (χ0v) is 11.1. The summed E-state index contributed by atoms with van der Waals surface area (Å²) in [6, 6.07) is 0. The van der Waals surface area contributed by atoms with E-state index in [4.69, 9.17) is 4.74 Å². The summed E-state index contributed by atoms with van der Waals surface area (Å²) in [6.07, 6.45) is 11.6. The molecule has 0 heterocycles. The Morgan fingerprint density at radius 2 is 1.53 bits per heavy atom. The molecule has 2 saturated carbocycles. The van der Waals surface area contributed by atoms with Crippen LogP contribution in [0.2, 0.25) is 0 Å². The van der Waals surface area contributed by atoms with Gasteiger partial charge in [-0.25, -0.2) is 0 Å². The van der Waals surface area contributed by atoms with Crippen LogP contribution in [0, 0.1) is 17.8 Å². The molecule has 0 spiro atoms. The van der Waals surface area contributed by atoms with E-state index in [0.717, 1.165) is 11.8 Å². The molecule has 0 aromatic rings. The molecule has 2 aliphatic rings. The van der Waals surface area contributed by atoms with E-state index in [2.05, 4.69) is 0 Å². The average molecular weight is 238 g/mol. The van der Waals surface area contributed by atoms with Gasteiger partial charge in [-0.2, -0.15) is 0 Å². The predicted molar refractivity (Wildman–Crippen MR) is 68.7 cm³/mol. The highest BCUT2D eigenvalue weighted by Crippen LogP contribution is 2.43. The molecule has 0 atom stereocenters. The van der Waals surface area contributed by atoms with Crippen molar-refractivity contribution in [3.63, 3.8) is 0 Å². The molecular formula is C15H26O2. The molecule has 17 heavy (non-hydrogen) atoms. The number of esters is 1. The molecule has 0 radical (unpaired) electrons. The first-order valence-electron chi connectivity index (χ1n) is 7.47. The van der Waals surface area contributed by atoms with Crippen molar-refractivity contribution in [2.75, 3.05) is 6.61 Å². The highest BCUT2D eigenvalue weighted by Gasteiger charge is 2.34. The molecule has 0 N–H and O–H groups in total. The third-order valence-corrected chi connectivity index (χ3v) is 4.72. The SMILES string of the molecule is CCOC(=O)CC(C1CCCC1)C1CCCC1. The zero-order valence-electron chi connectivity index (χ0n) is 11.1. The maximum atomic E-state index is 11.7. The van der Waals surface area contributed by atoms with Gasteiger partial charge >= 0.3 is 5.97 Å². The Morgan fingerprint density at radius 1 is 1.06 bits per heavy atom. The third-order valence-electron chi connectivity index (χ3n) is 4.72. The van der Waals surface area contributed by atoms with Gasteiger partial charge in [0.15, 0.2) is 0 Å². The van der Waals surface area contributed by atoms with Crippen molar-refractivity contribution in [1.29, 1.82) is 0 Å². The predicted octanol–water partition coefficient (Wildman–Crippen LogP) is 3.94. The van der Waals surface area contributed by atoms with Crippen LogP contribution in [0.25, 0.3) is 0 Å². The van der Waals surface area contributed by atoms with Crippen molar-refractivity contribution in [1.82, 2.24) is 0 Å². The number of carbonyl (C=O) groups is 1. The Hall–Kier alpha value is -0.530. The standard InChI is InChI=1S/C15H26O2/c1-2-17-15(16)11-14(12-7-3-4-8-12)13-9-5-6-10-13/h12-14H,2-11H2,1H3. The molecule has 0 amide bonds. The molecule has 0 aliphatic heterocycles. The monoisotopic (exact) mass is 238 g/mol. The van der Waals surface area contributed by atoms with Crippen LogP contribution >= 0.6 is 0 Å². The maximum Gasteiger partial charge on any atom is 0.306 e. The summed E-state index contributed by atoms with van der Waals surface area (Å²) in [5.74, 6) is 2.28. The third kappa shape index (κ3) is 3.46. The van der Waals surface area contributed by atoms with Crippen LogP contribution < -0.4 is 0 Å². The van der Waals surface area contributed by atoms with Crippen LogP contribution in [0.1, 0.15) is 64.7 Å². The van der Waals surface area contributed by atoms with Gasteiger partial charge < -0.3 is 4.74 Å². The fourth-order valence-corrected chi connectivity index (χ4v) is 3.90. The van der Waals surface area contributed by atoms with Crippen molar-refractivity contribution in [2.45, 2.75) is 64.7 Å². The van der Waals surface area contributed by atoms with Crippen LogP contribution in [-0.4, -0.2) is 12.6 Å². The van der Waals surface area contributed by atoms with Crippen molar-refractivity contribution in [2.24, 2.45) is 17.8 Å². The number of ether oxygens (including phenoxy) is 1. The van der Waals surface area contributed by atoms with Gasteiger partial charge in [0.25, 0.3) is 0 Å². The average Bonchev–Trinajstić information content (AvgIpc) is 3.00. The highest BCUT2D eigenvalue weighted by atomic mass is 16.5. The lowest BCUT2D eigenvalue weighted by molar-refractivity contribution is -0.145. The largest absolute Gasteiger partial charge is 0.466 e. The van der Waals surface area contributed by atoms with Crippen LogP contribution in [0.15, 0.2) is 0 Å². The van der Waals surface area contributed by atoms with Gasteiger partial charge in [-0.1, -0.05) is 51.4 Å². The molecule has 2 heteroatoms. The van der Waals surface area contributed by atoms with Crippen LogP contribution in [-0.2, 0) is 9.53 Å². The van der Waals surface area contributed by atoms with Crippen molar-refractivity contribution in [3.05, 3.63) is 0 Å². The van der Waals surface area contributed by atoms with Gasteiger partial charge in [-0.15, -0.1) is 0 Å². The van der Waals surface area contributed by atoms with Crippen LogP contribution in [0.5, 0.6) is 0 Å². The number of carbonyl (C=O) groups excluding carboxylic acids is 1. The molecule has 0 saturated heterocycles. The Bertz CT molecular complexity index is 221. The van der Waals surface area contributed by atoms with Crippen molar-refractivity contribution < 1.29 is 9.53 Å². The summed E-state index contributed by atoms with van der Waals surface area (Å²) in [4.78, 5) is 11.7. The fraction of sp³-hybridized carbons (Fsp3) is 0.933. The summed E-state index contributed by atoms with van der Waals surface area (Å²) in [6.45, 7) is 2.43. The summed E-state index contributed by atoms with van der Waals surface area (Å²) in [5, 5.41) is 0. The molecule has 2 fully saturated rings. The van der Waals surface area contributed by atoms with E-state index in [9.17, 15) is 4.79 Å². The van der Waals surface area contributed by atoms with Gasteiger partial charge in [0.2, 0.25) is 0 Å². The van der Waals surface area contributed by atoms with Crippen molar-refractivity contribution in [3.8, 4) is 0 Å². The Labute approximate surface area is 105 Å². The molecule has 2 aliphatic carbocycles. The molecular weight excluding hydrogens is 212 g/mol. The molecule has 98 valence electrons. The first-order valence-corrected chi connectivity index (χ1v) is 7.47. The van der Waals surface area contributed by atoms with E-state index in [1.807, 2.05) is 6.92 Å². The normalized spacial score (nSPS) is 22.5. The first-order chi connectivity index (χ1) is 8.31. The summed E-state index contributed by atoms with van der Waals surface area (Å²) >= 11 is 0. The maximum absolute atomic E-state index is 11.7. The minimum atomic E-state index is 0.0382. The summed E-state index contributed by atoms with van der Waals surface area (Å²) in [5.41, 5.74) is 0. The van der Waals surface area contributed by atoms with E-state index in [0.29, 0.717) is 18.9 Å². The topological polar surface area (TPSA) is 26.3 Å². The van der Waals surface area contributed by atoms with Gasteiger partial charge in [-0.05, 0) is 24.7 Å². The quantitative estimate of drug-likeness (QED) is 0.678. The van der Waals surface area contributed by atoms with E-state index in [-0.39, 0.29) is 5.97 Å². The second kappa shape index (κ2) is 6.42. The molecule has 0 aromatic heterocycles. The number of hydrogen-bond acceptors (Lipinski definition) is 2. The molecule has 2 rings (SSSR count). The first kappa shape index (κ1) is 12.9. The Morgan fingerprint density at radius 3 is 1.94 bits per heavy atom. The highest BCUT2D eigenvalue weighted by molar-refractivity contribution is 5.69. The lowest BCUT2D eigenvalue weighted by Crippen LogP contribution is -2.24. The second-order valence-electron chi connectivity index (χ2n) is 5.76. The summed E-state index contributed by atoms with van der Waals surface area (Å²) in [7, 11) is 0. The molecule has 2 nitrogen and oxygen atoms in total. The van der Waals surface area contributed by atoms with Crippen LogP contribution in [0.4, 0.5) is 0 Å². The minimum Gasteiger partial charge on any atom is -0.466 e. The lowest BCUT2D eigenvalue weighted by atomic mass is 9.77. The van der Waals surface area contributed by atoms with E-state index in [1.165, 1.54) is 51.4 Å². The second-order valence-corrected chi connectivity index (χ2v) is 5.76. The van der Waals surface area contributed by atoms with E-state index >= 15 is 0 Å². The van der Waals surface area contributed by atoms with Crippen LogP contribution in [0.3, 0.4) is 0 Å². The lowest BCUT2D eigenvalue weighted by Gasteiger charge is -2.28. The smallest absolute Gasteiger partial charge is 0.306 e. The number of hydrogen-bond donors (Lipinski definition) is 0.